The first kappa shape index (κ1) is 26.8. The predicted octanol–water partition coefficient (Wildman–Crippen LogP) is 5.40. The van der Waals surface area contributed by atoms with Gasteiger partial charge < -0.3 is 19.6 Å². The zero-order valence-corrected chi connectivity index (χ0v) is 20.3. The minimum Gasteiger partial charge on any atom is -0.419 e. The molecule has 34 heavy (non-hydrogen) atoms. The van der Waals surface area contributed by atoms with Crippen LogP contribution >= 0.6 is 12.4 Å². The number of carbonyl (C=O) groups is 3. The average Bonchev–Trinajstić information content (AvgIpc) is 2.79. The zero-order chi connectivity index (χ0) is 24.0. The maximum Gasteiger partial charge on any atom is 0.343 e. The van der Waals surface area contributed by atoms with E-state index < -0.39 is 18.0 Å². The van der Waals surface area contributed by atoms with Crippen LogP contribution in [0, 0.1) is 13.8 Å². The van der Waals surface area contributed by atoms with Gasteiger partial charge in [0.05, 0.1) is 17.2 Å². The fourth-order valence-corrected chi connectivity index (χ4v) is 3.15. The largest absolute Gasteiger partial charge is 0.419 e. The number of aldehydes is 1. The summed E-state index contributed by atoms with van der Waals surface area (Å²) in [5.74, 6) is -1.04. The summed E-state index contributed by atoms with van der Waals surface area (Å²) in [6.45, 7) is 7.69. The summed E-state index contributed by atoms with van der Waals surface area (Å²) in [7, 11) is 0. The lowest BCUT2D eigenvalue weighted by Crippen LogP contribution is -2.29. The zero-order valence-electron chi connectivity index (χ0n) is 19.5. The third kappa shape index (κ3) is 7.01. The summed E-state index contributed by atoms with van der Waals surface area (Å²) in [4.78, 5) is 37.1. The van der Waals surface area contributed by atoms with E-state index in [0.717, 1.165) is 17.4 Å². The van der Waals surface area contributed by atoms with Gasteiger partial charge >= 0.3 is 11.9 Å². The van der Waals surface area contributed by atoms with Crippen LogP contribution in [0.25, 0.3) is 0 Å². The van der Waals surface area contributed by atoms with Crippen molar-refractivity contribution in [1.82, 2.24) is 5.32 Å². The lowest BCUT2D eigenvalue weighted by molar-refractivity contribution is -0.109. The Hall–Kier alpha value is -3.48. The molecule has 1 unspecified atom stereocenters. The Morgan fingerprint density at radius 2 is 1.24 bits per heavy atom. The highest BCUT2D eigenvalue weighted by atomic mass is 35.5. The van der Waals surface area contributed by atoms with Crippen molar-refractivity contribution in [2.24, 2.45) is 0 Å². The van der Waals surface area contributed by atoms with Crippen LogP contribution in [0.3, 0.4) is 0 Å². The SMILES string of the molecule is Cc1ccc(C(=O)Oc2ccc(C(C=O)NC(C)C)cc2OC(=O)c2ccc(C)cc2)cc1.Cl. The molecule has 0 saturated heterocycles. The van der Waals surface area contributed by atoms with Gasteiger partial charge in [0.1, 0.15) is 6.29 Å². The molecule has 0 aliphatic rings. The molecule has 0 saturated carbocycles. The predicted molar refractivity (Wildman–Crippen MR) is 133 cm³/mol. The average molecular weight is 482 g/mol. The van der Waals surface area contributed by atoms with E-state index in [1.807, 2.05) is 39.8 Å². The number of nitrogens with one attached hydrogen (secondary N) is 1. The molecule has 1 atom stereocenters. The number of benzene rings is 3. The van der Waals surface area contributed by atoms with Crippen molar-refractivity contribution in [2.75, 3.05) is 0 Å². The summed E-state index contributed by atoms with van der Waals surface area (Å²) >= 11 is 0. The van der Waals surface area contributed by atoms with Gasteiger partial charge in [-0.3, -0.25) is 0 Å². The van der Waals surface area contributed by atoms with Gasteiger partial charge in [-0.25, -0.2) is 9.59 Å². The van der Waals surface area contributed by atoms with E-state index in [1.54, 1.807) is 42.5 Å². The number of carbonyl (C=O) groups excluding carboxylic acids is 3. The molecular formula is C27H28ClNO5. The molecule has 0 aliphatic heterocycles. The number of halogens is 1. The second kappa shape index (κ2) is 12.1. The van der Waals surface area contributed by atoms with Crippen LogP contribution in [0.15, 0.2) is 66.7 Å². The van der Waals surface area contributed by atoms with Crippen LogP contribution in [-0.2, 0) is 4.79 Å². The molecule has 0 bridgehead atoms. The molecule has 0 radical (unpaired) electrons. The van der Waals surface area contributed by atoms with E-state index in [2.05, 4.69) is 5.32 Å². The molecule has 0 aliphatic carbocycles. The summed E-state index contributed by atoms with van der Waals surface area (Å²) in [6.07, 6.45) is 0.777. The Morgan fingerprint density at radius 1 is 0.765 bits per heavy atom. The quantitative estimate of drug-likeness (QED) is 0.263. The molecule has 0 amide bonds. The molecule has 3 aromatic carbocycles. The Morgan fingerprint density at radius 3 is 1.68 bits per heavy atom. The Bertz CT molecular complexity index is 1140. The highest BCUT2D eigenvalue weighted by molar-refractivity contribution is 5.93. The Labute approximate surface area is 205 Å². The van der Waals surface area contributed by atoms with E-state index in [1.165, 1.54) is 12.1 Å². The van der Waals surface area contributed by atoms with Crippen LogP contribution in [0.4, 0.5) is 0 Å². The van der Waals surface area contributed by atoms with E-state index in [4.69, 9.17) is 9.47 Å². The molecule has 3 aromatic rings. The molecular weight excluding hydrogens is 454 g/mol. The van der Waals surface area contributed by atoms with Crippen molar-refractivity contribution in [3.8, 4) is 11.5 Å². The van der Waals surface area contributed by atoms with Crippen LogP contribution < -0.4 is 14.8 Å². The van der Waals surface area contributed by atoms with Gasteiger partial charge in [0.15, 0.2) is 11.5 Å². The van der Waals surface area contributed by atoms with Crippen LogP contribution in [0.5, 0.6) is 11.5 Å². The lowest BCUT2D eigenvalue weighted by Gasteiger charge is -2.18. The molecule has 0 aromatic heterocycles. The summed E-state index contributed by atoms with van der Waals surface area (Å²) < 4.78 is 11.2. The van der Waals surface area contributed by atoms with Gasteiger partial charge in [0.2, 0.25) is 0 Å². The Kier molecular flexibility index (Phi) is 9.54. The third-order valence-corrected chi connectivity index (χ3v) is 4.96. The second-order valence-corrected chi connectivity index (χ2v) is 8.15. The van der Waals surface area contributed by atoms with E-state index >= 15 is 0 Å². The molecule has 3 rings (SSSR count). The van der Waals surface area contributed by atoms with E-state index in [-0.39, 0.29) is 29.9 Å². The van der Waals surface area contributed by atoms with Crippen molar-refractivity contribution in [3.63, 3.8) is 0 Å². The topological polar surface area (TPSA) is 81.7 Å². The van der Waals surface area contributed by atoms with Gasteiger partial charge in [-0.15, -0.1) is 12.4 Å². The highest BCUT2D eigenvalue weighted by Gasteiger charge is 2.20. The number of rotatable bonds is 8. The first-order chi connectivity index (χ1) is 15.8. The standard InChI is InChI=1S/C27H27NO5.ClH/c1-17(2)28-23(16-29)22-13-14-24(32-26(30)20-9-5-18(3)6-10-20)25(15-22)33-27(31)21-11-7-19(4)8-12-21;/h5-17,23,28H,1-4H3;1H. The molecule has 6 nitrogen and oxygen atoms in total. The fraction of sp³-hybridized carbons (Fsp3) is 0.222. The first-order valence-electron chi connectivity index (χ1n) is 10.7. The van der Waals surface area contributed by atoms with Crippen molar-refractivity contribution in [3.05, 3.63) is 94.5 Å². The molecule has 7 heteroatoms. The maximum atomic E-state index is 12.8. The number of esters is 2. The molecule has 1 N–H and O–H groups in total. The number of hydrogen-bond donors (Lipinski definition) is 1. The van der Waals surface area contributed by atoms with Crippen LogP contribution in [-0.4, -0.2) is 24.3 Å². The number of aryl methyl sites for hydroxylation is 2. The normalized spacial score (nSPS) is 11.3. The summed E-state index contributed by atoms with van der Waals surface area (Å²) in [6, 6.07) is 18.1. The van der Waals surface area contributed by atoms with Crippen molar-refractivity contribution >= 4 is 30.6 Å². The fourth-order valence-electron chi connectivity index (χ4n) is 3.15. The van der Waals surface area contributed by atoms with Crippen LogP contribution in [0.2, 0.25) is 0 Å². The molecule has 0 heterocycles. The first-order valence-corrected chi connectivity index (χ1v) is 10.7. The van der Waals surface area contributed by atoms with Crippen molar-refractivity contribution < 1.29 is 23.9 Å². The van der Waals surface area contributed by atoms with Crippen molar-refractivity contribution in [1.29, 1.82) is 0 Å². The lowest BCUT2D eigenvalue weighted by atomic mass is 10.1. The Balaban J connectivity index is 0.00000408. The summed E-state index contributed by atoms with van der Waals surface area (Å²) in [5.41, 5.74) is 3.33. The molecule has 178 valence electrons. The minimum absolute atomic E-state index is 0. The third-order valence-electron chi connectivity index (χ3n) is 4.96. The van der Waals surface area contributed by atoms with Gasteiger partial charge in [0, 0.05) is 6.04 Å². The van der Waals surface area contributed by atoms with E-state index in [0.29, 0.717) is 16.7 Å². The minimum atomic E-state index is -0.608. The van der Waals surface area contributed by atoms with Crippen molar-refractivity contribution in [2.45, 2.75) is 39.8 Å². The monoisotopic (exact) mass is 481 g/mol. The molecule has 0 fully saturated rings. The summed E-state index contributed by atoms with van der Waals surface area (Å²) in [5, 5.41) is 3.14. The number of ether oxygens (including phenoxy) is 2. The smallest absolute Gasteiger partial charge is 0.343 e. The molecule has 0 spiro atoms. The van der Waals surface area contributed by atoms with Gasteiger partial charge in [0.25, 0.3) is 0 Å². The van der Waals surface area contributed by atoms with Gasteiger partial charge in [-0.2, -0.15) is 0 Å². The highest BCUT2D eigenvalue weighted by Crippen LogP contribution is 2.32. The van der Waals surface area contributed by atoms with Crippen LogP contribution in [0.1, 0.15) is 57.3 Å². The van der Waals surface area contributed by atoms with Gasteiger partial charge in [-0.05, 0) is 69.7 Å². The second-order valence-electron chi connectivity index (χ2n) is 8.15. The van der Waals surface area contributed by atoms with Gasteiger partial charge in [-0.1, -0.05) is 41.5 Å². The van der Waals surface area contributed by atoms with E-state index in [9.17, 15) is 14.4 Å². The maximum absolute atomic E-state index is 12.8. The number of hydrogen-bond acceptors (Lipinski definition) is 6.